The van der Waals surface area contributed by atoms with E-state index in [0.717, 1.165) is 0 Å². The molecule has 0 fully saturated rings. The predicted octanol–water partition coefficient (Wildman–Crippen LogP) is 0.352. The summed E-state index contributed by atoms with van der Waals surface area (Å²) in [7, 11) is 3.31. The van der Waals surface area contributed by atoms with Gasteiger partial charge < -0.3 is 15.3 Å². The molecule has 1 aromatic rings. The number of anilines is 1. The van der Waals surface area contributed by atoms with Crippen LogP contribution >= 0.6 is 0 Å². The molecule has 0 saturated heterocycles. The Hall–Kier alpha value is -2.11. The Bertz CT molecular complexity index is 420. The van der Waals surface area contributed by atoms with Crippen LogP contribution in [0.5, 0.6) is 0 Å². The minimum Gasteiger partial charge on any atom is -0.478 e. The molecular weight excluding hydrogens is 222 g/mol. The average molecular weight is 237 g/mol. The first-order valence-electron chi connectivity index (χ1n) is 5.15. The van der Waals surface area contributed by atoms with Gasteiger partial charge in [0, 0.05) is 39.5 Å². The van der Waals surface area contributed by atoms with Crippen molar-refractivity contribution in [3.63, 3.8) is 0 Å². The molecule has 1 heterocycles. The molecule has 0 unspecified atom stereocenters. The van der Waals surface area contributed by atoms with Crippen molar-refractivity contribution in [3.05, 3.63) is 24.0 Å². The second-order valence-electron chi connectivity index (χ2n) is 3.54. The van der Waals surface area contributed by atoms with Gasteiger partial charge in [-0.3, -0.25) is 9.78 Å². The van der Waals surface area contributed by atoms with Gasteiger partial charge in [0.05, 0.1) is 5.69 Å². The molecule has 0 atom stereocenters. The van der Waals surface area contributed by atoms with E-state index in [-0.39, 0.29) is 11.5 Å². The molecule has 0 aliphatic rings. The van der Waals surface area contributed by atoms with Crippen molar-refractivity contribution in [2.45, 2.75) is 6.42 Å². The van der Waals surface area contributed by atoms with E-state index in [0.29, 0.717) is 18.7 Å². The number of pyridine rings is 1. The van der Waals surface area contributed by atoms with Crippen molar-refractivity contribution in [1.29, 1.82) is 0 Å². The number of carbonyl (C=O) groups excluding carboxylic acids is 1. The zero-order valence-corrected chi connectivity index (χ0v) is 9.80. The Balaban J connectivity index is 2.78. The van der Waals surface area contributed by atoms with Crippen LogP contribution in [0.15, 0.2) is 18.5 Å². The van der Waals surface area contributed by atoms with Gasteiger partial charge >= 0.3 is 5.97 Å². The lowest BCUT2D eigenvalue weighted by Crippen LogP contribution is -2.27. The Morgan fingerprint density at radius 1 is 1.53 bits per heavy atom. The standard InChI is InChI=1S/C11H15N3O3/c1-12-10(15)4-6-14(2)9-3-5-13-7-8(9)11(16)17/h3,5,7H,4,6H2,1-2H3,(H,12,15)(H,16,17). The van der Waals surface area contributed by atoms with Crippen molar-refractivity contribution in [2.24, 2.45) is 0 Å². The zero-order valence-electron chi connectivity index (χ0n) is 9.80. The number of nitrogens with one attached hydrogen (secondary N) is 1. The fourth-order valence-electron chi connectivity index (χ4n) is 1.40. The van der Waals surface area contributed by atoms with Crippen LogP contribution in [0.1, 0.15) is 16.8 Å². The lowest BCUT2D eigenvalue weighted by Gasteiger charge is -2.20. The van der Waals surface area contributed by atoms with Gasteiger partial charge in [-0.25, -0.2) is 4.79 Å². The summed E-state index contributed by atoms with van der Waals surface area (Å²) in [5.41, 5.74) is 0.684. The van der Waals surface area contributed by atoms with E-state index < -0.39 is 5.97 Å². The van der Waals surface area contributed by atoms with Crippen LogP contribution in [0.25, 0.3) is 0 Å². The fraction of sp³-hybridized carbons (Fsp3) is 0.364. The van der Waals surface area contributed by atoms with E-state index in [2.05, 4.69) is 10.3 Å². The highest BCUT2D eigenvalue weighted by molar-refractivity contribution is 5.94. The number of hydrogen-bond donors (Lipinski definition) is 2. The number of rotatable bonds is 5. The maximum Gasteiger partial charge on any atom is 0.339 e. The second kappa shape index (κ2) is 5.83. The van der Waals surface area contributed by atoms with E-state index in [4.69, 9.17) is 5.11 Å². The van der Waals surface area contributed by atoms with E-state index in [1.807, 2.05) is 0 Å². The summed E-state index contributed by atoms with van der Waals surface area (Å²) in [6.45, 7) is 0.448. The summed E-state index contributed by atoms with van der Waals surface area (Å²) in [6, 6.07) is 1.62. The van der Waals surface area contributed by atoms with Gasteiger partial charge in [-0.05, 0) is 6.07 Å². The molecule has 0 bridgehead atoms. The second-order valence-corrected chi connectivity index (χ2v) is 3.54. The minimum absolute atomic E-state index is 0.0808. The molecule has 92 valence electrons. The number of carbonyl (C=O) groups is 2. The lowest BCUT2D eigenvalue weighted by atomic mass is 10.2. The molecule has 6 heteroatoms. The van der Waals surface area contributed by atoms with Crippen molar-refractivity contribution in [3.8, 4) is 0 Å². The van der Waals surface area contributed by atoms with Crippen LogP contribution in [0.4, 0.5) is 5.69 Å². The maximum absolute atomic E-state index is 11.1. The van der Waals surface area contributed by atoms with Crippen LogP contribution in [0, 0.1) is 0 Å². The summed E-state index contributed by atoms with van der Waals surface area (Å²) in [4.78, 5) is 27.6. The normalized spacial score (nSPS) is 9.76. The summed E-state index contributed by atoms with van der Waals surface area (Å²) < 4.78 is 0. The maximum atomic E-state index is 11.1. The number of aromatic nitrogens is 1. The SMILES string of the molecule is CNC(=O)CCN(C)c1ccncc1C(=O)O. The Morgan fingerprint density at radius 3 is 2.82 bits per heavy atom. The van der Waals surface area contributed by atoms with E-state index in [1.54, 1.807) is 25.1 Å². The van der Waals surface area contributed by atoms with Gasteiger partial charge in [0.2, 0.25) is 5.91 Å². The fourth-order valence-corrected chi connectivity index (χ4v) is 1.40. The molecule has 17 heavy (non-hydrogen) atoms. The molecule has 1 amide bonds. The number of hydrogen-bond acceptors (Lipinski definition) is 4. The van der Waals surface area contributed by atoms with Crippen molar-refractivity contribution < 1.29 is 14.7 Å². The van der Waals surface area contributed by atoms with Gasteiger partial charge in [0.15, 0.2) is 0 Å². The quantitative estimate of drug-likeness (QED) is 0.772. The molecule has 1 aromatic heterocycles. The summed E-state index contributed by atoms with van der Waals surface area (Å²) >= 11 is 0. The van der Waals surface area contributed by atoms with Crippen LogP contribution in [0.3, 0.4) is 0 Å². The van der Waals surface area contributed by atoms with Gasteiger partial charge in [-0.1, -0.05) is 0 Å². The lowest BCUT2D eigenvalue weighted by molar-refractivity contribution is -0.120. The van der Waals surface area contributed by atoms with E-state index in [9.17, 15) is 9.59 Å². The largest absolute Gasteiger partial charge is 0.478 e. The van der Waals surface area contributed by atoms with Crippen molar-refractivity contribution in [1.82, 2.24) is 10.3 Å². The molecule has 6 nitrogen and oxygen atoms in total. The third-order valence-corrected chi connectivity index (χ3v) is 2.39. The Morgan fingerprint density at radius 2 is 2.24 bits per heavy atom. The Kier molecular flexibility index (Phi) is 4.45. The van der Waals surface area contributed by atoms with Crippen molar-refractivity contribution >= 4 is 17.6 Å². The highest BCUT2D eigenvalue weighted by Crippen LogP contribution is 2.17. The third-order valence-electron chi connectivity index (χ3n) is 2.39. The van der Waals surface area contributed by atoms with E-state index in [1.165, 1.54) is 12.4 Å². The summed E-state index contributed by atoms with van der Waals surface area (Å²) in [6.07, 6.45) is 3.14. The minimum atomic E-state index is -1.03. The number of nitrogens with zero attached hydrogens (tertiary/aromatic N) is 2. The first kappa shape index (κ1) is 13.0. The first-order valence-corrected chi connectivity index (χ1v) is 5.15. The van der Waals surface area contributed by atoms with Gasteiger partial charge in [-0.2, -0.15) is 0 Å². The molecule has 0 aliphatic carbocycles. The molecule has 0 spiro atoms. The molecule has 2 N–H and O–H groups in total. The average Bonchev–Trinajstić information content (AvgIpc) is 2.35. The molecule has 1 rings (SSSR count). The monoisotopic (exact) mass is 237 g/mol. The van der Waals surface area contributed by atoms with Gasteiger partial charge in [-0.15, -0.1) is 0 Å². The highest BCUT2D eigenvalue weighted by Gasteiger charge is 2.13. The molecule has 0 aliphatic heterocycles. The number of carboxylic acid groups (broad SMARTS) is 1. The molecule has 0 saturated carbocycles. The highest BCUT2D eigenvalue weighted by atomic mass is 16.4. The first-order chi connectivity index (χ1) is 8.06. The number of amides is 1. The Labute approximate surface area is 99.3 Å². The van der Waals surface area contributed by atoms with Crippen LogP contribution < -0.4 is 10.2 Å². The van der Waals surface area contributed by atoms with Crippen LogP contribution in [-0.4, -0.2) is 42.6 Å². The number of carboxylic acids is 1. The summed E-state index contributed by atoms with van der Waals surface area (Å²) in [5.74, 6) is -1.11. The smallest absolute Gasteiger partial charge is 0.339 e. The van der Waals surface area contributed by atoms with Crippen molar-refractivity contribution in [2.75, 3.05) is 25.5 Å². The molecular formula is C11H15N3O3. The van der Waals surface area contributed by atoms with Crippen LogP contribution in [0.2, 0.25) is 0 Å². The van der Waals surface area contributed by atoms with Gasteiger partial charge in [0.25, 0.3) is 0 Å². The van der Waals surface area contributed by atoms with Gasteiger partial charge in [0.1, 0.15) is 5.56 Å². The topological polar surface area (TPSA) is 82.5 Å². The molecule has 0 aromatic carbocycles. The zero-order chi connectivity index (χ0) is 12.8. The predicted molar refractivity (Wildman–Crippen MR) is 63.2 cm³/mol. The summed E-state index contributed by atoms with van der Waals surface area (Å²) in [5, 5.41) is 11.5. The van der Waals surface area contributed by atoms with Crippen LogP contribution in [-0.2, 0) is 4.79 Å². The number of aromatic carboxylic acids is 1. The van der Waals surface area contributed by atoms with E-state index >= 15 is 0 Å². The molecule has 0 radical (unpaired) electrons. The third kappa shape index (κ3) is 3.44.